The Morgan fingerprint density at radius 1 is 1.36 bits per heavy atom. The van der Waals surface area contributed by atoms with Crippen molar-refractivity contribution >= 4 is 11.9 Å². The molecule has 5 heteroatoms. The molecule has 0 radical (unpaired) electrons. The first kappa shape index (κ1) is 12.9. The Morgan fingerprint density at radius 3 is 2.14 bits per heavy atom. The first-order chi connectivity index (χ1) is 6.29. The van der Waals surface area contributed by atoms with E-state index < -0.39 is 17.4 Å². The number of aliphatic hydroxyl groups is 1. The molecule has 0 saturated heterocycles. The van der Waals surface area contributed by atoms with Crippen molar-refractivity contribution in [2.24, 2.45) is 5.41 Å². The van der Waals surface area contributed by atoms with Gasteiger partial charge in [-0.1, -0.05) is 20.8 Å². The number of hydrogen-bond acceptors (Lipinski definition) is 3. The monoisotopic (exact) mass is 203 g/mol. The van der Waals surface area contributed by atoms with E-state index in [4.69, 9.17) is 10.2 Å². The minimum absolute atomic E-state index is 0.0250. The van der Waals surface area contributed by atoms with Gasteiger partial charge >= 0.3 is 5.97 Å². The molecule has 0 aliphatic rings. The molecular weight excluding hydrogens is 186 g/mol. The number of nitrogens with one attached hydrogen (secondary N) is 1. The highest BCUT2D eigenvalue weighted by molar-refractivity contribution is 5.86. The Balaban J connectivity index is 4.31. The fourth-order valence-corrected chi connectivity index (χ4v) is 0.761. The highest BCUT2D eigenvalue weighted by atomic mass is 16.4. The Kier molecular flexibility index (Phi) is 4.56. The summed E-state index contributed by atoms with van der Waals surface area (Å²) in [6.07, 6.45) is 0.0250. The number of amides is 1. The Hall–Kier alpha value is -1.10. The van der Waals surface area contributed by atoms with Crippen molar-refractivity contribution in [1.29, 1.82) is 0 Å². The van der Waals surface area contributed by atoms with Gasteiger partial charge in [0.15, 0.2) is 0 Å². The second-order valence-electron chi connectivity index (χ2n) is 4.13. The standard InChI is InChI=1S/C9H17NO4/c1-9(2,3)8(14)10-6(4-5-11)7(12)13/h6,11H,4-5H2,1-3H3,(H,10,14)(H,12,13)/t6-/m0/s1. The van der Waals surface area contributed by atoms with Crippen molar-refractivity contribution in [1.82, 2.24) is 5.32 Å². The highest BCUT2D eigenvalue weighted by Crippen LogP contribution is 2.13. The summed E-state index contributed by atoms with van der Waals surface area (Å²) in [4.78, 5) is 22.0. The van der Waals surface area contributed by atoms with E-state index in [1.807, 2.05) is 0 Å². The van der Waals surface area contributed by atoms with Crippen LogP contribution in [-0.4, -0.2) is 34.7 Å². The predicted octanol–water partition coefficient (Wildman–Crippen LogP) is -0.0157. The maximum Gasteiger partial charge on any atom is 0.326 e. The number of carbonyl (C=O) groups is 2. The van der Waals surface area contributed by atoms with Crippen molar-refractivity contribution in [3.8, 4) is 0 Å². The number of aliphatic hydroxyl groups excluding tert-OH is 1. The molecule has 0 bridgehead atoms. The van der Waals surface area contributed by atoms with Gasteiger partial charge in [-0.3, -0.25) is 4.79 Å². The topological polar surface area (TPSA) is 86.6 Å². The van der Waals surface area contributed by atoms with Gasteiger partial charge in [0.25, 0.3) is 0 Å². The average molecular weight is 203 g/mol. The number of carboxylic acids is 1. The van der Waals surface area contributed by atoms with Crippen molar-refractivity contribution in [2.75, 3.05) is 6.61 Å². The van der Waals surface area contributed by atoms with E-state index in [-0.39, 0.29) is 18.9 Å². The molecule has 0 heterocycles. The molecular formula is C9H17NO4. The molecule has 0 aromatic carbocycles. The van der Waals surface area contributed by atoms with Crippen LogP contribution >= 0.6 is 0 Å². The second kappa shape index (κ2) is 4.95. The Labute approximate surface area is 83.1 Å². The lowest BCUT2D eigenvalue weighted by atomic mass is 9.95. The van der Waals surface area contributed by atoms with Gasteiger partial charge in [0.05, 0.1) is 0 Å². The minimum Gasteiger partial charge on any atom is -0.480 e. The van der Waals surface area contributed by atoms with E-state index in [2.05, 4.69) is 5.32 Å². The molecule has 82 valence electrons. The van der Waals surface area contributed by atoms with E-state index >= 15 is 0 Å². The van der Waals surface area contributed by atoms with Crippen molar-refractivity contribution in [3.05, 3.63) is 0 Å². The maximum atomic E-state index is 11.4. The van der Waals surface area contributed by atoms with Crippen LogP contribution in [-0.2, 0) is 9.59 Å². The van der Waals surface area contributed by atoms with Gasteiger partial charge in [-0.25, -0.2) is 4.79 Å². The normalized spacial score (nSPS) is 13.4. The quantitative estimate of drug-likeness (QED) is 0.599. The molecule has 0 saturated carbocycles. The number of hydrogen-bond donors (Lipinski definition) is 3. The molecule has 0 aromatic heterocycles. The van der Waals surface area contributed by atoms with Crippen LogP contribution in [0.4, 0.5) is 0 Å². The summed E-state index contributed by atoms with van der Waals surface area (Å²) in [6, 6.07) is -1.01. The molecule has 0 rings (SSSR count). The van der Waals surface area contributed by atoms with Crippen LogP contribution in [0.1, 0.15) is 27.2 Å². The van der Waals surface area contributed by atoms with Crippen LogP contribution < -0.4 is 5.32 Å². The molecule has 0 aliphatic carbocycles. The molecule has 5 nitrogen and oxygen atoms in total. The molecule has 0 unspecified atom stereocenters. The summed E-state index contributed by atoms with van der Waals surface area (Å²) >= 11 is 0. The Bertz CT molecular complexity index is 219. The van der Waals surface area contributed by atoms with E-state index in [1.54, 1.807) is 20.8 Å². The molecule has 1 amide bonds. The number of rotatable bonds is 4. The van der Waals surface area contributed by atoms with Crippen LogP contribution in [0.3, 0.4) is 0 Å². The number of carbonyl (C=O) groups excluding carboxylic acids is 1. The fraction of sp³-hybridized carbons (Fsp3) is 0.778. The summed E-state index contributed by atoms with van der Waals surface area (Å²) in [5.74, 6) is -1.46. The molecule has 14 heavy (non-hydrogen) atoms. The zero-order valence-electron chi connectivity index (χ0n) is 8.70. The molecule has 0 aromatic rings. The summed E-state index contributed by atoms with van der Waals surface area (Å²) in [5.41, 5.74) is -0.622. The third-order valence-corrected chi connectivity index (χ3v) is 1.70. The SMILES string of the molecule is CC(C)(C)C(=O)N[C@@H](CCO)C(=O)O. The fourth-order valence-electron chi connectivity index (χ4n) is 0.761. The van der Waals surface area contributed by atoms with Crippen LogP contribution in [0.2, 0.25) is 0 Å². The zero-order chi connectivity index (χ0) is 11.4. The van der Waals surface area contributed by atoms with Gasteiger partial charge in [-0.05, 0) is 0 Å². The van der Waals surface area contributed by atoms with E-state index in [0.29, 0.717) is 0 Å². The lowest BCUT2D eigenvalue weighted by Crippen LogP contribution is -2.46. The van der Waals surface area contributed by atoms with Gasteiger partial charge in [0.2, 0.25) is 5.91 Å². The first-order valence-electron chi connectivity index (χ1n) is 4.43. The third-order valence-electron chi connectivity index (χ3n) is 1.70. The van der Waals surface area contributed by atoms with E-state index in [9.17, 15) is 9.59 Å². The number of carboxylic acid groups (broad SMARTS) is 1. The van der Waals surface area contributed by atoms with Crippen molar-refractivity contribution in [3.63, 3.8) is 0 Å². The number of aliphatic carboxylic acids is 1. The summed E-state index contributed by atoms with van der Waals surface area (Å²) in [5, 5.41) is 19.6. The molecule has 3 N–H and O–H groups in total. The van der Waals surface area contributed by atoms with Gasteiger partial charge < -0.3 is 15.5 Å². The Morgan fingerprint density at radius 2 is 1.86 bits per heavy atom. The molecule has 0 aliphatic heterocycles. The zero-order valence-corrected chi connectivity index (χ0v) is 8.70. The maximum absolute atomic E-state index is 11.4. The van der Waals surface area contributed by atoms with E-state index in [1.165, 1.54) is 0 Å². The van der Waals surface area contributed by atoms with Gasteiger partial charge in [-0.2, -0.15) is 0 Å². The third kappa shape index (κ3) is 4.23. The molecule has 0 spiro atoms. The van der Waals surface area contributed by atoms with Crippen molar-refractivity contribution in [2.45, 2.75) is 33.2 Å². The first-order valence-corrected chi connectivity index (χ1v) is 4.43. The molecule has 1 atom stereocenters. The van der Waals surface area contributed by atoms with E-state index in [0.717, 1.165) is 0 Å². The van der Waals surface area contributed by atoms with Crippen LogP contribution in [0, 0.1) is 5.41 Å². The largest absolute Gasteiger partial charge is 0.480 e. The van der Waals surface area contributed by atoms with Gasteiger partial charge in [0.1, 0.15) is 6.04 Å². The lowest BCUT2D eigenvalue weighted by Gasteiger charge is -2.21. The summed E-state index contributed by atoms with van der Waals surface area (Å²) < 4.78 is 0. The lowest BCUT2D eigenvalue weighted by molar-refractivity contribution is -0.143. The minimum atomic E-state index is -1.13. The molecule has 0 fully saturated rings. The average Bonchev–Trinajstić information content (AvgIpc) is 2.01. The second-order valence-corrected chi connectivity index (χ2v) is 4.13. The highest BCUT2D eigenvalue weighted by Gasteiger charge is 2.26. The smallest absolute Gasteiger partial charge is 0.326 e. The van der Waals surface area contributed by atoms with Gasteiger partial charge in [-0.15, -0.1) is 0 Å². The summed E-state index contributed by atoms with van der Waals surface area (Å²) in [6.45, 7) is 4.82. The van der Waals surface area contributed by atoms with Gasteiger partial charge in [0, 0.05) is 18.4 Å². The predicted molar refractivity (Wildman–Crippen MR) is 50.7 cm³/mol. The van der Waals surface area contributed by atoms with Crippen LogP contribution in [0.15, 0.2) is 0 Å². The van der Waals surface area contributed by atoms with Crippen molar-refractivity contribution < 1.29 is 19.8 Å². The summed E-state index contributed by atoms with van der Waals surface area (Å²) in [7, 11) is 0. The van der Waals surface area contributed by atoms with Crippen LogP contribution in [0.25, 0.3) is 0 Å². The van der Waals surface area contributed by atoms with Crippen LogP contribution in [0.5, 0.6) is 0 Å².